The van der Waals surface area contributed by atoms with E-state index in [9.17, 15) is 0 Å². The van der Waals surface area contributed by atoms with E-state index in [1.807, 2.05) is 10.9 Å². The van der Waals surface area contributed by atoms with Gasteiger partial charge in [0.15, 0.2) is 0 Å². The second kappa shape index (κ2) is 4.09. The molecule has 0 bridgehead atoms. The number of hydrogen-bond acceptors (Lipinski definition) is 3. The Hall–Kier alpha value is -0.900. The second-order valence-electron chi connectivity index (χ2n) is 4.36. The van der Waals surface area contributed by atoms with Gasteiger partial charge in [-0.1, -0.05) is 5.21 Å². The summed E-state index contributed by atoms with van der Waals surface area (Å²) < 4.78 is 1.90. The Balaban J connectivity index is 1.77. The summed E-state index contributed by atoms with van der Waals surface area (Å²) in [6.07, 6.45) is 4.81. The van der Waals surface area contributed by atoms with Gasteiger partial charge in [-0.2, -0.15) is 0 Å². The average molecular weight is 194 g/mol. The molecule has 1 aromatic heterocycles. The van der Waals surface area contributed by atoms with Crippen molar-refractivity contribution in [3.63, 3.8) is 0 Å². The molecule has 1 fully saturated rings. The van der Waals surface area contributed by atoms with Crippen LogP contribution >= 0.6 is 0 Å². The summed E-state index contributed by atoms with van der Waals surface area (Å²) in [5.41, 5.74) is 1.04. The van der Waals surface area contributed by atoms with E-state index in [0.29, 0.717) is 6.04 Å². The third kappa shape index (κ3) is 2.54. The molecule has 0 saturated heterocycles. The molecule has 1 aromatic rings. The van der Waals surface area contributed by atoms with Gasteiger partial charge in [-0.25, -0.2) is 4.68 Å². The Kier molecular flexibility index (Phi) is 2.82. The van der Waals surface area contributed by atoms with Crippen LogP contribution in [0.25, 0.3) is 0 Å². The fourth-order valence-electron chi connectivity index (χ4n) is 1.37. The van der Waals surface area contributed by atoms with Gasteiger partial charge in [-0.15, -0.1) is 5.10 Å². The van der Waals surface area contributed by atoms with Crippen LogP contribution in [0.3, 0.4) is 0 Å². The summed E-state index contributed by atoms with van der Waals surface area (Å²) in [4.78, 5) is 0. The van der Waals surface area contributed by atoms with E-state index >= 15 is 0 Å². The number of nitrogens with one attached hydrogen (secondary N) is 1. The fourth-order valence-corrected chi connectivity index (χ4v) is 1.37. The van der Waals surface area contributed by atoms with Crippen molar-refractivity contribution in [2.75, 3.05) is 6.54 Å². The fraction of sp³-hybridized carbons (Fsp3) is 0.800. The number of rotatable bonds is 5. The number of nitrogens with zero attached hydrogens (tertiary/aromatic N) is 3. The summed E-state index contributed by atoms with van der Waals surface area (Å²) >= 11 is 0. The van der Waals surface area contributed by atoms with Crippen LogP contribution in [0.4, 0.5) is 0 Å². The van der Waals surface area contributed by atoms with Gasteiger partial charge in [0.1, 0.15) is 0 Å². The summed E-state index contributed by atoms with van der Waals surface area (Å²) in [5.74, 6) is 0.926. The molecule has 14 heavy (non-hydrogen) atoms. The molecule has 4 heteroatoms. The molecule has 0 aliphatic heterocycles. The van der Waals surface area contributed by atoms with Crippen molar-refractivity contribution < 1.29 is 0 Å². The lowest BCUT2D eigenvalue weighted by atomic mass is 10.4. The third-order valence-corrected chi connectivity index (χ3v) is 2.52. The van der Waals surface area contributed by atoms with Gasteiger partial charge >= 0.3 is 0 Å². The van der Waals surface area contributed by atoms with E-state index in [0.717, 1.165) is 24.7 Å². The third-order valence-electron chi connectivity index (χ3n) is 2.52. The molecule has 0 atom stereocenters. The van der Waals surface area contributed by atoms with E-state index in [-0.39, 0.29) is 0 Å². The highest BCUT2D eigenvalue weighted by molar-refractivity contribution is 4.92. The number of aromatic nitrogens is 3. The van der Waals surface area contributed by atoms with E-state index in [1.54, 1.807) is 0 Å². The molecular weight excluding hydrogens is 176 g/mol. The Bertz CT molecular complexity index is 288. The predicted molar refractivity (Wildman–Crippen MR) is 54.8 cm³/mol. The first-order chi connectivity index (χ1) is 6.75. The standard InChI is InChI=1S/C10H18N4/c1-8(2)14-7-10(12-13-14)6-11-5-9-3-4-9/h7-9,11H,3-6H2,1-2H3. The van der Waals surface area contributed by atoms with Crippen LogP contribution < -0.4 is 5.32 Å². The van der Waals surface area contributed by atoms with Crippen LogP contribution in [0.5, 0.6) is 0 Å². The Labute approximate surface area is 84.7 Å². The maximum atomic E-state index is 4.11. The van der Waals surface area contributed by atoms with Crippen molar-refractivity contribution >= 4 is 0 Å². The monoisotopic (exact) mass is 194 g/mol. The van der Waals surface area contributed by atoms with E-state index in [2.05, 4.69) is 29.5 Å². The van der Waals surface area contributed by atoms with Crippen molar-refractivity contribution in [3.05, 3.63) is 11.9 Å². The second-order valence-corrected chi connectivity index (χ2v) is 4.36. The molecule has 0 spiro atoms. The van der Waals surface area contributed by atoms with Crippen LogP contribution in [0.15, 0.2) is 6.20 Å². The van der Waals surface area contributed by atoms with Gasteiger partial charge in [-0.05, 0) is 39.2 Å². The first-order valence-corrected chi connectivity index (χ1v) is 5.37. The summed E-state index contributed by atoms with van der Waals surface area (Å²) in [6.45, 7) is 6.20. The lowest BCUT2D eigenvalue weighted by Crippen LogP contribution is -2.16. The van der Waals surface area contributed by atoms with Gasteiger partial charge in [-0.3, -0.25) is 0 Å². The first kappa shape index (κ1) is 9.65. The maximum absolute atomic E-state index is 4.11. The highest BCUT2D eigenvalue weighted by atomic mass is 15.4. The van der Waals surface area contributed by atoms with Crippen LogP contribution in [0.2, 0.25) is 0 Å². The van der Waals surface area contributed by atoms with Gasteiger partial charge in [0.2, 0.25) is 0 Å². The lowest BCUT2D eigenvalue weighted by molar-refractivity contribution is 0.514. The zero-order valence-corrected chi connectivity index (χ0v) is 8.90. The van der Waals surface area contributed by atoms with Crippen molar-refractivity contribution in [2.24, 2.45) is 5.92 Å². The van der Waals surface area contributed by atoms with Crippen LogP contribution in [0.1, 0.15) is 38.4 Å². The van der Waals surface area contributed by atoms with E-state index in [1.165, 1.54) is 12.8 Å². The van der Waals surface area contributed by atoms with Crippen molar-refractivity contribution in [1.29, 1.82) is 0 Å². The molecule has 1 N–H and O–H groups in total. The molecule has 0 aromatic carbocycles. The maximum Gasteiger partial charge on any atom is 0.0964 e. The Morgan fingerprint density at radius 2 is 2.36 bits per heavy atom. The molecule has 0 amide bonds. The minimum Gasteiger partial charge on any atom is -0.311 e. The predicted octanol–water partition coefficient (Wildman–Crippen LogP) is 1.36. The average Bonchev–Trinajstić information content (AvgIpc) is 2.82. The number of hydrogen-bond donors (Lipinski definition) is 1. The minimum atomic E-state index is 0.402. The Morgan fingerprint density at radius 1 is 1.57 bits per heavy atom. The van der Waals surface area contributed by atoms with Gasteiger partial charge in [0.05, 0.1) is 11.9 Å². The highest BCUT2D eigenvalue weighted by Gasteiger charge is 2.20. The molecule has 1 aliphatic rings. The van der Waals surface area contributed by atoms with Gasteiger partial charge in [0, 0.05) is 12.6 Å². The molecule has 1 aliphatic carbocycles. The van der Waals surface area contributed by atoms with Crippen molar-refractivity contribution in [3.8, 4) is 0 Å². The molecule has 1 saturated carbocycles. The largest absolute Gasteiger partial charge is 0.311 e. The van der Waals surface area contributed by atoms with Crippen molar-refractivity contribution in [2.45, 2.75) is 39.3 Å². The normalized spacial score (nSPS) is 16.5. The van der Waals surface area contributed by atoms with Crippen LogP contribution in [-0.4, -0.2) is 21.5 Å². The van der Waals surface area contributed by atoms with Crippen molar-refractivity contribution in [1.82, 2.24) is 20.3 Å². The zero-order valence-electron chi connectivity index (χ0n) is 8.90. The van der Waals surface area contributed by atoms with Crippen LogP contribution in [-0.2, 0) is 6.54 Å². The van der Waals surface area contributed by atoms with Gasteiger partial charge < -0.3 is 5.32 Å². The SMILES string of the molecule is CC(C)n1cc(CNCC2CC2)nn1. The molecule has 4 nitrogen and oxygen atoms in total. The molecule has 0 unspecified atom stereocenters. The quantitative estimate of drug-likeness (QED) is 0.769. The summed E-state index contributed by atoms with van der Waals surface area (Å²) in [7, 11) is 0. The highest BCUT2D eigenvalue weighted by Crippen LogP contribution is 2.27. The molecule has 78 valence electrons. The molecule has 2 rings (SSSR count). The lowest BCUT2D eigenvalue weighted by Gasteiger charge is -2.01. The van der Waals surface area contributed by atoms with Crippen LogP contribution in [0, 0.1) is 5.92 Å². The smallest absolute Gasteiger partial charge is 0.0964 e. The summed E-state index contributed by atoms with van der Waals surface area (Å²) in [6, 6.07) is 0.402. The summed E-state index contributed by atoms with van der Waals surface area (Å²) in [5, 5.41) is 11.6. The zero-order chi connectivity index (χ0) is 9.97. The molecule has 1 heterocycles. The van der Waals surface area contributed by atoms with E-state index < -0.39 is 0 Å². The topological polar surface area (TPSA) is 42.7 Å². The molecular formula is C10H18N4. The Morgan fingerprint density at radius 3 is 2.93 bits per heavy atom. The van der Waals surface area contributed by atoms with Gasteiger partial charge in [0.25, 0.3) is 0 Å². The van der Waals surface area contributed by atoms with E-state index in [4.69, 9.17) is 0 Å². The minimum absolute atomic E-state index is 0.402. The molecule has 0 radical (unpaired) electrons. The first-order valence-electron chi connectivity index (χ1n) is 5.37.